The van der Waals surface area contributed by atoms with Crippen LogP contribution in [0.1, 0.15) is 67.0 Å². The zero-order valence-corrected chi connectivity index (χ0v) is 21.7. The Hall–Kier alpha value is -3.63. The van der Waals surface area contributed by atoms with Crippen molar-refractivity contribution in [1.82, 2.24) is 4.90 Å². The van der Waals surface area contributed by atoms with Crippen LogP contribution < -0.4 is 4.90 Å². The minimum Gasteiger partial charge on any atom is -0.446 e. The van der Waals surface area contributed by atoms with Gasteiger partial charge in [0, 0.05) is 6.04 Å². The molecule has 0 bridgehead atoms. The van der Waals surface area contributed by atoms with E-state index < -0.39 is 71.6 Å². The lowest BCUT2D eigenvalue weighted by molar-refractivity contribution is -0.143. The van der Waals surface area contributed by atoms with Crippen molar-refractivity contribution in [2.45, 2.75) is 76.4 Å². The maximum Gasteiger partial charge on any atom is 0.416 e. The summed E-state index contributed by atoms with van der Waals surface area (Å²) >= 11 is 0. The second-order valence-electron chi connectivity index (χ2n) is 10.4. The van der Waals surface area contributed by atoms with Gasteiger partial charge < -0.3 is 4.74 Å². The van der Waals surface area contributed by atoms with Gasteiger partial charge in [0.25, 0.3) is 0 Å². The highest BCUT2D eigenvalue weighted by Gasteiger charge is 2.47. The number of benzene rings is 2. The van der Waals surface area contributed by atoms with Crippen LogP contribution in [0.5, 0.6) is 0 Å². The van der Waals surface area contributed by atoms with Crippen molar-refractivity contribution >= 4 is 11.8 Å². The molecule has 222 valence electrons. The molecule has 41 heavy (non-hydrogen) atoms. The van der Waals surface area contributed by atoms with Crippen molar-refractivity contribution in [2.24, 2.45) is 5.92 Å². The molecule has 0 N–H and O–H groups in total. The summed E-state index contributed by atoms with van der Waals surface area (Å²) in [7, 11) is 0. The van der Waals surface area contributed by atoms with Gasteiger partial charge in [0.1, 0.15) is 0 Å². The van der Waals surface area contributed by atoms with Crippen LogP contribution in [0.4, 0.5) is 50.0 Å². The van der Waals surface area contributed by atoms with Gasteiger partial charge in [0.05, 0.1) is 41.1 Å². The third kappa shape index (κ3) is 6.65. The van der Waals surface area contributed by atoms with Crippen molar-refractivity contribution in [3.8, 4) is 6.19 Å². The fourth-order valence-electron chi connectivity index (χ4n) is 5.05. The van der Waals surface area contributed by atoms with E-state index in [4.69, 9.17) is 4.74 Å². The second kappa shape index (κ2) is 10.6. The molecule has 1 aliphatic carbocycles. The summed E-state index contributed by atoms with van der Waals surface area (Å²) in [6.07, 6.45) is -13.4. The Morgan fingerprint density at radius 3 is 1.98 bits per heavy atom. The zero-order chi connectivity index (χ0) is 30.5. The van der Waals surface area contributed by atoms with E-state index in [-0.39, 0.29) is 29.7 Å². The molecule has 14 heteroatoms. The normalized spacial score (nSPS) is 19.5. The third-order valence-corrected chi connectivity index (χ3v) is 6.97. The molecule has 1 fully saturated rings. The maximum absolute atomic E-state index is 13.7. The average Bonchev–Trinajstić information content (AvgIpc) is 3.69. The fraction of sp³-hybridized carbons (Fsp3) is 0.481. The first-order valence-corrected chi connectivity index (χ1v) is 12.6. The Morgan fingerprint density at radius 2 is 1.51 bits per heavy atom. The molecule has 0 radical (unpaired) electrons. The van der Waals surface area contributed by atoms with Crippen LogP contribution in [-0.2, 0) is 29.8 Å². The predicted molar refractivity (Wildman–Crippen MR) is 127 cm³/mol. The van der Waals surface area contributed by atoms with E-state index in [1.54, 1.807) is 20.0 Å². The molecular weight excluding hydrogens is 569 g/mol. The number of anilines is 1. The van der Waals surface area contributed by atoms with Crippen LogP contribution in [0.25, 0.3) is 0 Å². The number of halogens is 9. The lowest BCUT2D eigenvalue weighted by atomic mass is 9.86. The molecule has 4 rings (SSSR count). The van der Waals surface area contributed by atoms with Crippen LogP contribution in [0, 0.1) is 17.4 Å². The Kier molecular flexibility index (Phi) is 7.88. The van der Waals surface area contributed by atoms with Gasteiger partial charge in [-0.15, -0.1) is 0 Å². The lowest BCUT2D eigenvalue weighted by Crippen LogP contribution is -2.49. The van der Waals surface area contributed by atoms with Gasteiger partial charge in [0.2, 0.25) is 0 Å². The Bertz CT molecular complexity index is 1310. The summed E-state index contributed by atoms with van der Waals surface area (Å²) in [5.41, 5.74) is -4.87. The van der Waals surface area contributed by atoms with Crippen molar-refractivity contribution in [2.75, 3.05) is 4.90 Å². The molecule has 0 aromatic heterocycles. The topological polar surface area (TPSA) is 56.6 Å². The summed E-state index contributed by atoms with van der Waals surface area (Å²) in [5, 5.41) is 9.99. The summed E-state index contributed by atoms with van der Waals surface area (Å²) < 4.78 is 127. The number of alkyl halides is 9. The maximum atomic E-state index is 13.7. The van der Waals surface area contributed by atoms with Crippen LogP contribution in [0.15, 0.2) is 36.4 Å². The van der Waals surface area contributed by atoms with Gasteiger partial charge in [-0.2, -0.15) is 44.8 Å². The highest BCUT2D eigenvalue weighted by atomic mass is 19.4. The molecule has 0 spiro atoms. The quantitative estimate of drug-likeness (QED) is 0.199. The van der Waals surface area contributed by atoms with Gasteiger partial charge in [-0.3, -0.25) is 9.80 Å². The highest BCUT2D eigenvalue weighted by Crippen LogP contribution is 2.50. The number of fused-ring (bicyclic) bond motifs is 1. The molecule has 1 amide bonds. The molecular formula is C27H24F9N3O2. The van der Waals surface area contributed by atoms with Gasteiger partial charge in [-0.25, -0.2) is 4.79 Å². The zero-order valence-electron chi connectivity index (χ0n) is 21.7. The monoisotopic (exact) mass is 593 g/mol. The number of amides is 1. The number of carbonyl (C=O) groups is 1. The molecule has 5 nitrogen and oxygen atoms in total. The number of ether oxygens (including phenoxy) is 1. The summed E-state index contributed by atoms with van der Waals surface area (Å²) in [4.78, 5) is 15.2. The molecule has 1 heterocycles. The third-order valence-electron chi connectivity index (χ3n) is 6.97. The van der Waals surface area contributed by atoms with E-state index in [0.717, 1.165) is 23.1 Å². The molecule has 2 aromatic rings. The Labute approximate surface area is 229 Å². The van der Waals surface area contributed by atoms with Crippen LogP contribution >= 0.6 is 0 Å². The average molecular weight is 593 g/mol. The number of nitriles is 1. The smallest absolute Gasteiger partial charge is 0.416 e. The number of carbonyl (C=O) groups excluding carboxylic acids is 1. The van der Waals surface area contributed by atoms with Gasteiger partial charge in [-0.05, 0) is 86.6 Å². The lowest BCUT2D eigenvalue weighted by Gasteiger charge is -2.43. The van der Waals surface area contributed by atoms with Crippen molar-refractivity contribution in [3.63, 3.8) is 0 Å². The number of hydrogen-bond donors (Lipinski definition) is 0. The largest absolute Gasteiger partial charge is 0.446 e. The molecule has 2 aromatic carbocycles. The molecule has 2 atom stereocenters. The summed E-state index contributed by atoms with van der Waals surface area (Å²) in [6, 6.07) is 1.67. The Morgan fingerprint density at radius 1 is 0.951 bits per heavy atom. The summed E-state index contributed by atoms with van der Waals surface area (Å²) in [6.45, 7) is 2.43. The highest BCUT2D eigenvalue weighted by molar-refractivity contribution is 5.90. The fourth-order valence-corrected chi connectivity index (χ4v) is 5.05. The van der Waals surface area contributed by atoms with Gasteiger partial charge >= 0.3 is 24.6 Å². The van der Waals surface area contributed by atoms with E-state index in [1.165, 1.54) is 4.90 Å². The Balaban J connectivity index is 1.82. The number of rotatable bonds is 5. The van der Waals surface area contributed by atoms with E-state index in [1.807, 2.05) is 0 Å². The van der Waals surface area contributed by atoms with E-state index >= 15 is 0 Å². The SMILES string of the molecule is CC(C)OC(=O)N1c2ccc(C(F)(F)F)cc2[C@H](N(C#N)Cc2cc(C(F)(F)F)cc(C(F)(F)F)c2)C[C@@H]1C1CC1. The van der Waals surface area contributed by atoms with Crippen molar-refractivity contribution in [1.29, 1.82) is 5.26 Å². The van der Waals surface area contributed by atoms with Crippen LogP contribution in [0.3, 0.4) is 0 Å². The van der Waals surface area contributed by atoms with Crippen molar-refractivity contribution in [3.05, 3.63) is 64.2 Å². The van der Waals surface area contributed by atoms with Gasteiger partial charge in [0.15, 0.2) is 6.19 Å². The van der Waals surface area contributed by atoms with Gasteiger partial charge in [-0.1, -0.05) is 0 Å². The molecule has 2 aliphatic rings. The predicted octanol–water partition coefficient (Wildman–Crippen LogP) is 8.30. The first-order chi connectivity index (χ1) is 18.9. The molecule has 0 saturated heterocycles. The van der Waals surface area contributed by atoms with Crippen molar-refractivity contribution < 1.29 is 49.0 Å². The minimum absolute atomic E-state index is 0.0251. The molecule has 1 aliphatic heterocycles. The van der Waals surface area contributed by atoms with Crippen LogP contribution in [-0.4, -0.2) is 23.1 Å². The number of hydrogen-bond acceptors (Lipinski definition) is 4. The van der Waals surface area contributed by atoms with E-state index in [2.05, 4.69) is 0 Å². The standard InChI is InChI=1S/C27H24F9N3O2/c1-14(2)41-24(40)39-21-6-5-17(25(28,29)30)10-20(21)23(11-22(39)16-3-4-16)38(13-37)12-15-7-18(26(31,32)33)9-19(8-15)27(34,35)36/h5-10,14,16,22-23H,3-4,11-12H2,1-2H3/t22-,23-/m1/s1. The summed E-state index contributed by atoms with van der Waals surface area (Å²) in [5.74, 6) is -0.0846. The second-order valence-corrected chi connectivity index (χ2v) is 10.4. The van der Waals surface area contributed by atoms with Crippen LogP contribution in [0.2, 0.25) is 0 Å². The van der Waals surface area contributed by atoms with E-state index in [9.17, 15) is 49.6 Å². The molecule has 0 unspecified atom stereocenters. The number of nitrogens with zero attached hydrogens (tertiary/aromatic N) is 3. The first kappa shape index (κ1) is 30.3. The van der Waals surface area contributed by atoms with E-state index in [0.29, 0.717) is 25.0 Å². The molecule has 1 saturated carbocycles. The minimum atomic E-state index is -5.12. The first-order valence-electron chi connectivity index (χ1n) is 12.6.